The molecule has 18 heavy (non-hydrogen) atoms. The van der Waals surface area contributed by atoms with Gasteiger partial charge in [0, 0.05) is 0 Å². The van der Waals surface area contributed by atoms with Gasteiger partial charge in [0.15, 0.2) is 4.73 Å². The normalized spacial score (nSPS) is 10.4. The van der Waals surface area contributed by atoms with Gasteiger partial charge in [-0.3, -0.25) is 4.84 Å². The van der Waals surface area contributed by atoms with E-state index in [-0.39, 0.29) is 0 Å². The average molecular weight is 313 g/mol. The topological polar surface area (TPSA) is 61.2 Å². The van der Waals surface area contributed by atoms with Crippen molar-refractivity contribution in [3.63, 3.8) is 0 Å². The van der Waals surface area contributed by atoms with Gasteiger partial charge in [0.25, 0.3) is 5.95 Å². The molecule has 0 aliphatic carbocycles. The van der Waals surface area contributed by atoms with Crippen LogP contribution in [0, 0.1) is 0 Å². The molecule has 0 amide bonds. The van der Waals surface area contributed by atoms with Crippen molar-refractivity contribution in [1.29, 1.82) is 0 Å². The number of nitrogens with one attached hydrogen (secondary N) is 1. The van der Waals surface area contributed by atoms with Crippen LogP contribution in [0.2, 0.25) is 0 Å². The number of nitrogens with zero attached hydrogens (tertiary/aromatic N) is 3. The molecule has 0 radical (unpaired) electrons. The maximum Gasteiger partial charge on any atom is 0.267 e. The molecule has 1 aromatic carbocycles. The largest absolute Gasteiger partial charge is 0.497 e. The number of rotatable bonds is 5. The molecule has 7 heteroatoms. The molecule has 0 spiro atoms. The summed E-state index contributed by atoms with van der Waals surface area (Å²) in [5.41, 5.74) is 3.68. The second-order valence-electron chi connectivity index (χ2n) is 3.52. The van der Waals surface area contributed by atoms with Crippen molar-refractivity contribution < 1.29 is 9.57 Å². The van der Waals surface area contributed by atoms with E-state index >= 15 is 0 Å². The van der Waals surface area contributed by atoms with E-state index in [9.17, 15) is 0 Å². The lowest BCUT2D eigenvalue weighted by molar-refractivity contribution is 0.267. The molecule has 0 bridgehead atoms. The zero-order valence-corrected chi connectivity index (χ0v) is 11.6. The minimum absolute atomic E-state index is 0.415. The summed E-state index contributed by atoms with van der Waals surface area (Å²) in [7, 11) is 3.16. The highest BCUT2D eigenvalue weighted by molar-refractivity contribution is 9.10. The van der Waals surface area contributed by atoms with Gasteiger partial charge in [0.05, 0.1) is 20.8 Å². The molecular formula is C11H13BrN4O2. The molecule has 2 rings (SSSR count). The van der Waals surface area contributed by atoms with Gasteiger partial charge in [-0.2, -0.15) is 4.98 Å². The monoisotopic (exact) mass is 312 g/mol. The highest BCUT2D eigenvalue weighted by Crippen LogP contribution is 2.15. The van der Waals surface area contributed by atoms with Crippen LogP contribution in [-0.4, -0.2) is 29.0 Å². The summed E-state index contributed by atoms with van der Waals surface area (Å²) in [5, 5.41) is 4.23. The van der Waals surface area contributed by atoms with Crippen LogP contribution in [0.15, 0.2) is 29.0 Å². The third-order valence-electron chi connectivity index (χ3n) is 2.31. The summed E-state index contributed by atoms with van der Waals surface area (Å²) >= 11 is 3.34. The molecule has 0 saturated heterocycles. The van der Waals surface area contributed by atoms with Crippen LogP contribution < -0.4 is 10.2 Å². The van der Waals surface area contributed by atoms with Crippen molar-refractivity contribution in [3.8, 4) is 5.75 Å². The molecule has 0 atom stereocenters. The van der Waals surface area contributed by atoms with Crippen molar-refractivity contribution in [2.45, 2.75) is 6.54 Å². The fourth-order valence-corrected chi connectivity index (χ4v) is 1.83. The van der Waals surface area contributed by atoms with Crippen molar-refractivity contribution in [1.82, 2.24) is 14.8 Å². The fourth-order valence-electron chi connectivity index (χ4n) is 1.46. The molecule has 0 fully saturated rings. The molecule has 0 aliphatic rings. The Hall–Kier alpha value is -1.60. The summed E-state index contributed by atoms with van der Waals surface area (Å²) in [6, 6.07) is 7.79. The number of hydrogen-bond donors (Lipinski definition) is 1. The van der Waals surface area contributed by atoms with Crippen LogP contribution in [0.3, 0.4) is 0 Å². The van der Waals surface area contributed by atoms with Crippen LogP contribution in [0.25, 0.3) is 0 Å². The van der Waals surface area contributed by atoms with Gasteiger partial charge in [-0.15, -0.1) is 5.10 Å². The molecule has 0 saturated carbocycles. The summed E-state index contributed by atoms with van der Waals surface area (Å²) in [6.45, 7) is 0.614. The Morgan fingerprint density at radius 3 is 2.61 bits per heavy atom. The molecule has 0 unspecified atom stereocenters. The smallest absolute Gasteiger partial charge is 0.267 e. The van der Waals surface area contributed by atoms with Crippen molar-refractivity contribution in [3.05, 3.63) is 34.6 Å². The summed E-state index contributed by atoms with van der Waals surface area (Å²) < 4.78 is 7.47. The zero-order chi connectivity index (χ0) is 13.0. The van der Waals surface area contributed by atoms with Crippen molar-refractivity contribution >= 4 is 21.9 Å². The predicted octanol–water partition coefficient (Wildman–Crippen LogP) is 2.07. The quantitative estimate of drug-likeness (QED) is 0.856. The van der Waals surface area contributed by atoms with E-state index in [4.69, 9.17) is 9.57 Å². The van der Waals surface area contributed by atoms with Crippen LogP contribution in [-0.2, 0) is 11.4 Å². The molecule has 0 aliphatic heterocycles. The van der Waals surface area contributed by atoms with Crippen LogP contribution in [0.5, 0.6) is 5.75 Å². The first kappa shape index (κ1) is 12.8. The molecule has 1 heterocycles. The van der Waals surface area contributed by atoms with Crippen LogP contribution in [0.1, 0.15) is 5.56 Å². The van der Waals surface area contributed by atoms with Gasteiger partial charge >= 0.3 is 0 Å². The minimum atomic E-state index is 0.415. The highest BCUT2D eigenvalue weighted by atomic mass is 79.9. The van der Waals surface area contributed by atoms with Crippen LogP contribution in [0.4, 0.5) is 5.95 Å². The van der Waals surface area contributed by atoms with E-state index in [1.807, 2.05) is 24.3 Å². The molecule has 2 aromatic rings. The number of halogens is 1. The maximum absolute atomic E-state index is 5.11. The van der Waals surface area contributed by atoms with Gasteiger partial charge in [-0.05, 0) is 33.6 Å². The van der Waals surface area contributed by atoms with Crippen molar-refractivity contribution in [2.24, 2.45) is 0 Å². The number of methoxy groups -OCH3 is 1. The number of aromatic nitrogens is 3. The predicted molar refractivity (Wildman–Crippen MR) is 70.4 cm³/mol. The first-order chi connectivity index (χ1) is 8.72. The molecule has 6 nitrogen and oxygen atoms in total. The van der Waals surface area contributed by atoms with E-state index in [2.05, 4.69) is 31.5 Å². The third kappa shape index (κ3) is 2.99. The van der Waals surface area contributed by atoms with Gasteiger partial charge in [0.2, 0.25) is 0 Å². The third-order valence-corrected chi connectivity index (χ3v) is 2.90. The summed E-state index contributed by atoms with van der Waals surface area (Å²) in [4.78, 5) is 8.89. The number of anilines is 1. The Morgan fingerprint density at radius 2 is 2.00 bits per heavy atom. The minimum Gasteiger partial charge on any atom is -0.497 e. The molecular weight excluding hydrogens is 300 g/mol. The Morgan fingerprint density at radius 1 is 1.28 bits per heavy atom. The standard InChI is InChI=1S/C11H13BrN4O2/c1-17-9-5-3-8(4-6-9)7-16-10(12)13-11(14-16)15-18-2/h3-6H,7H2,1-2H3,(H,14,15). The second kappa shape index (κ2) is 5.83. The Bertz CT molecular complexity index is 512. The number of ether oxygens (including phenoxy) is 1. The summed E-state index contributed by atoms with van der Waals surface area (Å²) in [5.74, 6) is 1.25. The van der Waals surface area contributed by atoms with E-state index in [1.54, 1.807) is 11.8 Å². The van der Waals surface area contributed by atoms with E-state index in [0.29, 0.717) is 17.2 Å². The lowest BCUT2D eigenvalue weighted by Gasteiger charge is -2.04. The Labute approximate surface area is 113 Å². The molecule has 1 aromatic heterocycles. The number of benzene rings is 1. The molecule has 1 N–H and O–H groups in total. The SMILES string of the molecule is CONc1nc(Br)n(Cc2ccc(OC)cc2)n1. The van der Waals surface area contributed by atoms with Crippen LogP contribution >= 0.6 is 15.9 Å². The van der Waals surface area contributed by atoms with E-state index in [0.717, 1.165) is 11.3 Å². The fraction of sp³-hybridized carbons (Fsp3) is 0.273. The highest BCUT2D eigenvalue weighted by Gasteiger charge is 2.07. The number of hydrogen-bond acceptors (Lipinski definition) is 5. The zero-order valence-electron chi connectivity index (χ0n) is 10.1. The second-order valence-corrected chi connectivity index (χ2v) is 4.23. The van der Waals surface area contributed by atoms with Crippen molar-refractivity contribution in [2.75, 3.05) is 19.7 Å². The first-order valence-electron chi connectivity index (χ1n) is 5.25. The van der Waals surface area contributed by atoms with Gasteiger partial charge in [0.1, 0.15) is 5.75 Å². The van der Waals surface area contributed by atoms with E-state index in [1.165, 1.54) is 7.11 Å². The lowest BCUT2D eigenvalue weighted by atomic mass is 10.2. The first-order valence-corrected chi connectivity index (χ1v) is 6.04. The summed E-state index contributed by atoms with van der Waals surface area (Å²) in [6.07, 6.45) is 0. The van der Waals surface area contributed by atoms with Gasteiger partial charge in [-0.1, -0.05) is 12.1 Å². The Balaban J connectivity index is 2.12. The molecule has 96 valence electrons. The Kier molecular flexibility index (Phi) is 4.16. The van der Waals surface area contributed by atoms with Gasteiger partial charge in [-0.25, -0.2) is 10.2 Å². The van der Waals surface area contributed by atoms with Gasteiger partial charge < -0.3 is 4.74 Å². The van der Waals surface area contributed by atoms with E-state index < -0.39 is 0 Å². The maximum atomic E-state index is 5.11. The lowest BCUT2D eigenvalue weighted by Crippen LogP contribution is -2.03. The average Bonchev–Trinajstić information content (AvgIpc) is 2.71.